The lowest BCUT2D eigenvalue weighted by Crippen LogP contribution is -2.25. The lowest BCUT2D eigenvalue weighted by Gasteiger charge is -2.27. The fourth-order valence-corrected chi connectivity index (χ4v) is 4.60. The molecular weight excluding hydrogens is 396 g/mol. The van der Waals surface area contributed by atoms with Crippen LogP contribution in [0.15, 0.2) is 48.0 Å². The van der Waals surface area contributed by atoms with Crippen LogP contribution in [0.4, 0.5) is 5.82 Å². The number of aryl methyl sites for hydroxylation is 2. The lowest BCUT2D eigenvalue weighted by molar-refractivity contribution is -0.116. The number of aromatic nitrogens is 2. The van der Waals surface area contributed by atoms with Crippen LogP contribution < -0.4 is 10.6 Å². The maximum absolute atomic E-state index is 12.6. The van der Waals surface area contributed by atoms with Crippen molar-refractivity contribution in [1.29, 1.82) is 0 Å². The molecule has 1 aromatic carbocycles. The van der Waals surface area contributed by atoms with Crippen LogP contribution in [0, 0.1) is 6.92 Å². The molecule has 3 aromatic rings. The molecule has 0 fully saturated rings. The number of anilines is 1. The van der Waals surface area contributed by atoms with Crippen LogP contribution in [0.2, 0.25) is 0 Å². The van der Waals surface area contributed by atoms with Gasteiger partial charge in [-0.25, -0.2) is 4.68 Å². The third kappa shape index (κ3) is 4.46. The molecule has 2 N–H and O–H groups in total. The van der Waals surface area contributed by atoms with E-state index in [0.29, 0.717) is 24.3 Å². The number of thiophene rings is 1. The first kappa shape index (κ1) is 20.3. The largest absolute Gasteiger partial charge is 0.351 e. The van der Waals surface area contributed by atoms with Crippen molar-refractivity contribution < 1.29 is 9.59 Å². The van der Waals surface area contributed by atoms with Gasteiger partial charge >= 0.3 is 0 Å². The fraction of sp³-hybridized carbons (Fsp3) is 0.348. The highest BCUT2D eigenvalue weighted by molar-refractivity contribution is 7.12. The van der Waals surface area contributed by atoms with Crippen LogP contribution in [-0.4, -0.2) is 28.1 Å². The third-order valence-electron chi connectivity index (χ3n) is 5.48. The normalized spacial score (nSPS) is 15.4. The van der Waals surface area contributed by atoms with Gasteiger partial charge in [-0.15, -0.1) is 11.3 Å². The van der Waals surface area contributed by atoms with Crippen molar-refractivity contribution in [2.45, 2.75) is 45.1 Å². The Bertz CT molecular complexity index is 1030. The van der Waals surface area contributed by atoms with Gasteiger partial charge in [0.1, 0.15) is 5.82 Å². The minimum absolute atomic E-state index is 0.0608. The average Bonchev–Trinajstić information content (AvgIpc) is 3.42. The molecule has 0 saturated carbocycles. The molecule has 1 aliphatic rings. The summed E-state index contributed by atoms with van der Waals surface area (Å²) in [5, 5.41) is 12.4. The summed E-state index contributed by atoms with van der Waals surface area (Å²) in [6.45, 7) is 2.44. The summed E-state index contributed by atoms with van der Waals surface area (Å²) in [5.41, 5.74) is 3.61. The van der Waals surface area contributed by atoms with Gasteiger partial charge in [-0.05, 0) is 55.2 Å². The van der Waals surface area contributed by atoms with Crippen molar-refractivity contribution in [3.05, 3.63) is 69.5 Å². The Kier molecular flexibility index (Phi) is 6.28. The molecule has 1 aliphatic carbocycles. The van der Waals surface area contributed by atoms with Gasteiger partial charge in [-0.3, -0.25) is 9.59 Å². The van der Waals surface area contributed by atoms with Gasteiger partial charge in [0.15, 0.2) is 0 Å². The molecule has 0 spiro atoms. The smallest absolute Gasteiger partial charge is 0.261 e. The Morgan fingerprint density at radius 1 is 1.23 bits per heavy atom. The first-order chi connectivity index (χ1) is 14.6. The van der Waals surface area contributed by atoms with Gasteiger partial charge < -0.3 is 10.6 Å². The van der Waals surface area contributed by atoms with E-state index in [1.807, 2.05) is 29.2 Å². The molecule has 2 aromatic heterocycles. The first-order valence-corrected chi connectivity index (χ1v) is 11.2. The van der Waals surface area contributed by atoms with Crippen LogP contribution in [0.5, 0.6) is 0 Å². The number of carbonyl (C=O) groups is 2. The summed E-state index contributed by atoms with van der Waals surface area (Å²) in [6.07, 6.45) is 5.95. The monoisotopic (exact) mass is 422 g/mol. The second-order valence-corrected chi connectivity index (χ2v) is 8.56. The number of hydrogen-bond donors (Lipinski definition) is 2. The molecule has 1 unspecified atom stereocenters. The Labute approximate surface area is 180 Å². The molecule has 156 valence electrons. The maximum atomic E-state index is 12.6. The molecule has 0 aliphatic heterocycles. The molecule has 1 atom stereocenters. The SMILES string of the molecule is Cc1cnn(C2CCCc3ccccc32)c1NC(=O)CCCNC(=O)c1cccs1. The molecule has 7 heteroatoms. The number of nitrogens with one attached hydrogen (secondary N) is 2. The third-order valence-corrected chi connectivity index (χ3v) is 6.35. The molecule has 2 heterocycles. The van der Waals surface area contributed by atoms with Gasteiger partial charge in [-0.1, -0.05) is 30.3 Å². The van der Waals surface area contributed by atoms with E-state index >= 15 is 0 Å². The number of rotatable bonds is 7. The summed E-state index contributed by atoms with van der Waals surface area (Å²) in [4.78, 5) is 25.2. The Hall–Kier alpha value is -2.93. The van der Waals surface area contributed by atoms with E-state index in [-0.39, 0.29) is 17.9 Å². The zero-order chi connectivity index (χ0) is 20.9. The summed E-state index contributed by atoms with van der Waals surface area (Å²) >= 11 is 1.41. The number of hydrogen-bond acceptors (Lipinski definition) is 4. The van der Waals surface area contributed by atoms with E-state index in [1.54, 1.807) is 6.07 Å². The summed E-state index contributed by atoms with van der Waals surface area (Å²) in [5.74, 6) is 0.619. The second-order valence-electron chi connectivity index (χ2n) is 7.61. The Balaban J connectivity index is 1.36. The molecule has 0 bridgehead atoms. The predicted octanol–water partition coefficient (Wildman–Crippen LogP) is 4.33. The van der Waals surface area contributed by atoms with Crippen molar-refractivity contribution >= 4 is 29.0 Å². The summed E-state index contributed by atoms with van der Waals surface area (Å²) in [7, 11) is 0. The zero-order valence-corrected chi connectivity index (χ0v) is 17.9. The van der Waals surface area contributed by atoms with E-state index in [1.165, 1.54) is 22.5 Å². The second kappa shape index (κ2) is 9.26. The van der Waals surface area contributed by atoms with E-state index in [4.69, 9.17) is 0 Å². The highest BCUT2D eigenvalue weighted by Gasteiger charge is 2.25. The van der Waals surface area contributed by atoms with Crippen LogP contribution in [0.25, 0.3) is 0 Å². The lowest BCUT2D eigenvalue weighted by atomic mass is 9.88. The number of nitrogens with zero attached hydrogens (tertiary/aromatic N) is 2. The molecule has 2 amide bonds. The van der Waals surface area contributed by atoms with Gasteiger partial charge in [0.05, 0.1) is 17.1 Å². The van der Waals surface area contributed by atoms with Gasteiger partial charge in [0.25, 0.3) is 5.91 Å². The van der Waals surface area contributed by atoms with Crippen molar-refractivity contribution in [2.24, 2.45) is 0 Å². The van der Waals surface area contributed by atoms with E-state index in [2.05, 4.69) is 40.0 Å². The standard InChI is InChI=1S/C23H26N4O2S/c1-16-15-25-27(19-10-4-8-17-7-2-3-9-18(17)19)22(16)26-21(28)12-5-13-24-23(29)20-11-6-14-30-20/h2-3,6-7,9,11,14-15,19H,4-5,8,10,12-13H2,1H3,(H,24,29)(H,26,28). The molecular formula is C23H26N4O2S. The minimum atomic E-state index is -0.0877. The molecule has 0 radical (unpaired) electrons. The Morgan fingerprint density at radius 2 is 2.10 bits per heavy atom. The van der Waals surface area contributed by atoms with Gasteiger partial charge in [-0.2, -0.15) is 5.10 Å². The van der Waals surface area contributed by atoms with Crippen LogP contribution in [0.1, 0.15) is 58.1 Å². The highest BCUT2D eigenvalue weighted by Crippen LogP contribution is 2.35. The van der Waals surface area contributed by atoms with Crippen LogP contribution in [-0.2, 0) is 11.2 Å². The van der Waals surface area contributed by atoms with Crippen molar-refractivity contribution in [2.75, 3.05) is 11.9 Å². The number of fused-ring (bicyclic) bond motifs is 1. The first-order valence-electron chi connectivity index (χ1n) is 10.4. The summed E-state index contributed by atoms with van der Waals surface area (Å²) in [6, 6.07) is 12.3. The van der Waals surface area contributed by atoms with Gasteiger partial charge in [0, 0.05) is 18.5 Å². The average molecular weight is 423 g/mol. The van der Waals surface area contributed by atoms with E-state index in [0.717, 1.165) is 30.6 Å². The van der Waals surface area contributed by atoms with Crippen LogP contribution >= 0.6 is 11.3 Å². The quantitative estimate of drug-likeness (QED) is 0.557. The van der Waals surface area contributed by atoms with E-state index in [9.17, 15) is 9.59 Å². The maximum Gasteiger partial charge on any atom is 0.261 e. The topological polar surface area (TPSA) is 76.0 Å². The fourth-order valence-electron chi connectivity index (χ4n) is 3.96. The predicted molar refractivity (Wildman–Crippen MR) is 119 cm³/mol. The minimum Gasteiger partial charge on any atom is -0.351 e. The van der Waals surface area contributed by atoms with Crippen molar-refractivity contribution in [3.63, 3.8) is 0 Å². The molecule has 4 rings (SSSR count). The number of carbonyl (C=O) groups excluding carboxylic acids is 2. The van der Waals surface area contributed by atoms with Crippen molar-refractivity contribution in [1.82, 2.24) is 15.1 Å². The Morgan fingerprint density at radius 3 is 2.93 bits per heavy atom. The van der Waals surface area contributed by atoms with E-state index < -0.39 is 0 Å². The molecule has 6 nitrogen and oxygen atoms in total. The molecule has 30 heavy (non-hydrogen) atoms. The summed E-state index contributed by atoms with van der Waals surface area (Å²) < 4.78 is 1.96. The highest BCUT2D eigenvalue weighted by atomic mass is 32.1. The van der Waals surface area contributed by atoms with Crippen molar-refractivity contribution in [3.8, 4) is 0 Å². The van der Waals surface area contributed by atoms with Gasteiger partial charge in [0.2, 0.25) is 5.91 Å². The number of benzene rings is 1. The number of amides is 2. The van der Waals surface area contributed by atoms with Crippen LogP contribution in [0.3, 0.4) is 0 Å². The molecule has 0 saturated heterocycles. The zero-order valence-electron chi connectivity index (χ0n) is 17.1.